The Bertz CT molecular complexity index is 344. The van der Waals surface area contributed by atoms with Crippen molar-refractivity contribution >= 4 is 23.2 Å². The second kappa shape index (κ2) is 3.77. The summed E-state index contributed by atoms with van der Waals surface area (Å²) in [5.74, 6) is 0. The van der Waals surface area contributed by atoms with Gasteiger partial charge in [0.05, 0.1) is 17.2 Å². The predicted octanol–water partition coefficient (Wildman–Crippen LogP) is 2.36. The molecule has 1 aromatic carbocycles. The highest BCUT2D eigenvalue weighted by Gasteiger charge is 2.09. The molecule has 0 aromatic heterocycles. The van der Waals surface area contributed by atoms with Gasteiger partial charge >= 0.3 is 0 Å². The summed E-state index contributed by atoms with van der Waals surface area (Å²) in [4.78, 5) is 0. The molecule has 62 valence electrons. The quantitative estimate of drug-likeness (QED) is 0.759. The molecule has 1 aromatic rings. The van der Waals surface area contributed by atoms with Crippen molar-refractivity contribution < 1.29 is 5.11 Å². The summed E-state index contributed by atoms with van der Waals surface area (Å²) in [5, 5.41) is 18.2. The zero-order valence-electron chi connectivity index (χ0n) is 6.01. The van der Waals surface area contributed by atoms with Gasteiger partial charge < -0.3 is 5.11 Å². The number of rotatable bonds is 1. The van der Waals surface area contributed by atoms with Crippen molar-refractivity contribution in [3.05, 3.63) is 33.3 Å². The van der Waals surface area contributed by atoms with Crippen molar-refractivity contribution in [3.63, 3.8) is 0 Å². The summed E-state index contributed by atoms with van der Waals surface area (Å²) in [6.45, 7) is -0.276. The molecule has 0 amide bonds. The van der Waals surface area contributed by atoms with Gasteiger partial charge in [0.15, 0.2) is 0 Å². The molecule has 0 atom stereocenters. The Balaban J connectivity index is 3.41. The second-order valence-corrected chi connectivity index (χ2v) is 2.97. The molecule has 0 saturated heterocycles. The van der Waals surface area contributed by atoms with Crippen molar-refractivity contribution in [2.45, 2.75) is 6.61 Å². The first-order valence-corrected chi connectivity index (χ1v) is 3.94. The molecule has 1 N–H and O–H groups in total. The van der Waals surface area contributed by atoms with E-state index < -0.39 is 0 Å². The number of nitriles is 1. The fraction of sp³-hybridized carbons (Fsp3) is 0.125. The lowest BCUT2D eigenvalue weighted by molar-refractivity contribution is 0.281. The van der Waals surface area contributed by atoms with Crippen LogP contribution in [-0.2, 0) is 6.61 Å². The monoisotopic (exact) mass is 201 g/mol. The predicted molar refractivity (Wildman–Crippen MR) is 47.1 cm³/mol. The van der Waals surface area contributed by atoms with Crippen LogP contribution in [0.15, 0.2) is 12.1 Å². The summed E-state index contributed by atoms with van der Waals surface area (Å²) in [6.07, 6.45) is 0. The van der Waals surface area contributed by atoms with Crippen LogP contribution in [-0.4, -0.2) is 5.11 Å². The van der Waals surface area contributed by atoms with Crippen LogP contribution in [0.3, 0.4) is 0 Å². The Labute approximate surface area is 80.0 Å². The highest BCUT2D eigenvalue weighted by atomic mass is 35.5. The average molecular weight is 202 g/mol. The van der Waals surface area contributed by atoms with Crippen LogP contribution in [0.2, 0.25) is 10.0 Å². The van der Waals surface area contributed by atoms with Crippen molar-refractivity contribution in [3.8, 4) is 6.07 Å². The summed E-state index contributed by atoms with van der Waals surface area (Å²) >= 11 is 11.4. The highest BCUT2D eigenvalue weighted by molar-refractivity contribution is 6.34. The number of hydrogen-bond donors (Lipinski definition) is 1. The van der Waals surface area contributed by atoms with E-state index in [1.54, 1.807) is 6.07 Å². The van der Waals surface area contributed by atoms with Crippen LogP contribution in [0, 0.1) is 11.3 Å². The molecule has 2 nitrogen and oxygen atoms in total. The highest BCUT2D eigenvalue weighted by Crippen LogP contribution is 2.26. The molecule has 0 spiro atoms. The smallest absolute Gasteiger partial charge is 0.101 e. The largest absolute Gasteiger partial charge is 0.392 e. The number of nitrogens with zero attached hydrogens (tertiary/aromatic N) is 1. The van der Waals surface area contributed by atoms with Crippen molar-refractivity contribution in [1.82, 2.24) is 0 Å². The third kappa shape index (κ3) is 1.54. The molecule has 0 saturated carbocycles. The van der Waals surface area contributed by atoms with E-state index in [0.29, 0.717) is 15.6 Å². The first-order chi connectivity index (χ1) is 5.70. The maximum atomic E-state index is 8.86. The number of aliphatic hydroxyl groups excluding tert-OH is 1. The van der Waals surface area contributed by atoms with Crippen LogP contribution < -0.4 is 0 Å². The van der Waals surface area contributed by atoms with Gasteiger partial charge in [-0.25, -0.2) is 0 Å². The Morgan fingerprint density at radius 1 is 1.33 bits per heavy atom. The van der Waals surface area contributed by atoms with Gasteiger partial charge in [-0.3, -0.25) is 0 Å². The van der Waals surface area contributed by atoms with Gasteiger partial charge in [-0.15, -0.1) is 0 Å². The van der Waals surface area contributed by atoms with Crippen LogP contribution in [0.25, 0.3) is 0 Å². The van der Waals surface area contributed by atoms with Crippen molar-refractivity contribution in [1.29, 1.82) is 5.26 Å². The SMILES string of the molecule is N#Cc1c(Cl)ccc(Cl)c1CO. The molecule has 12 heavy (non-hydrogen) atoms. The summed E-state index contributed by atoms with van der Waals surface area (Å²) in [7, 11) is 0. The second-order valence-electron chi connectivity index (χ2n) is 2.15. The molecule has 0 fully saturated rings. The molecular formula is C8H5Cl2NO. The van der Waals surface area contributed by atoms with Crippen LogP contribution in [0.4, 0.5) is 0 Å². The number of hydrogen-bond acceptors (Lipinski definition) is 2. The van der Waals surface area contributed by atoms with E-state index in [4.69, 9.17) is 33.6 Å². The van der Waals surface area contributed by atoms with Gasteiger partial charge in [0.25, 0.3) is 0 Å². The third-order valence-electron chi connectivity index (χ3n) is 1.47. The van der Waals surface area contributed by atoms with E-state index >= 15 is 0 Å². The Morgan fingerprint density at radius 3 is 2.33 bits per heavy atom. The molecule has 1 rings (SSSR count). The standard InChI is InChI=1S/C8H5Cl2NO/c9-7-1-2-8(10)6(4-12)5(7)3-11/h1-2,12H,4H2. The van der Waals surface area contributed by atoms with Crippen LogP contribution in [0.5, 0.6) is 0 Å². The fourth-order valence-electron chi connectivity index (χ4n) is 0.869. The third-order valence-corrected chi connectivity index (χ3v) is 2.14. The molecule has 0 bridgehead atoms. The van der Waals surface area contributed by atoms with E-state index in [-0.39, 0.29) is 12.2 Å². The Morgan fingerprint density at radius 2 is 1.92 bits per heavy atom. The van der Waals surface area contributed by atoms with Crippen LogP contribution >= 0.6 is 23.2 Å². The van der Waals surface area contributed by atoms with Crippen molar-refractivity contribution in [2.75, 3.05) is 0 Å². The molecule has 4 heteroatoms. The number of aliphatic hydroxyl groups is 1. The fourth-order valence-corrected chi connectivity index (χ4v) is 1.31. The minimum absolute atomic E-state index is 0.242. The van der Waals surface area contributed by atoms with Crippen LogP contribution in [0.1, 0.15) is 11.1 Å². The zero-order chi connectivity index (χ0) is 9.14. The van der Waals surface area contributed by atoms with Gasteiger partial charge in [0.1, 0.15) is 6.07 Å². The molecule has 0 aliphatic heterocycles. The minimum atomic E-state index is -0.276. The Kier molecular flexibility index (Phi) is 2.93. The minimum Gasteiger partial charge on any atom is -0.392 e. The Hall–Kier alpha value is -0.750. The van der Waals surface area contributed by atoms with Crippen molar-refractivity contribution in [2.24, 2.45) is 0 Å². The maximum Gasteiger partial charge on any atom is 0.101 e. The first kappa shape index (κ1) is 9.34. The molecular weight excluding hydrogens is 197 g/mol. The van der Waals surface area contributed by atoms with Gasteiger partial charge in [-0.2, -0.15) is 5.26 Å². The summed E-state index contributed by atoms with van der Waals surface area (Å²) in [5.41, 5.74) is 0.623. The van der Waals surface area contributed by atoms with Gasteiger partial charge in [-0.05, 0) is 12.1 Å². The number of benzene rings is 1. The molecule has 0 aliphatic carbocycles. The summed E-state index contributed by atoms with van der Waals surface area (Å²) < 4.78 is 0. The first-order valence-electron chi connectivity index (χ1n) is 3.18. The molecule has 0 unspecified atom stereocenters. The zero-order valence-corrected chi connectivity index (χ0v) is 7.52. The van der Waals surface area contributed by atoms with E-state index in [1.165, 1.54) is 6.07 Å². The van der Waals surface area contributed by atoms with Gasteiger partial charge in [0, 0.05) is 10.6 Å². The van der Waals surface area contributed by atoms with Gasteiger partial charge in [0.2, 0.25) is 0 Å². The maximum absolute atomic E-state index is 8.86. The number of halogens is 2. The van der Waals surface area contributed by atoms with E-state index in [2.05, 4.69) is 0 Å². The van der Waals surface area contributed by atoms with E-state index in [9.17, 15) is 0 Å². The molecule has 0 radical (unpaired) electrons. The summed E-state index contributed by atoms with van der Waals surface area (Å²) in [6, 6.07) is 4.96. The van der Waals surface area contributed by atoms with E-state index in [0.717, 1.165) is 0 Å². The lowest BCUT2D eigenvalue weighted by Crippen LogP contribution is -1.91. The van der Waals surface area contributed by atoms with E-state index in [1.807, 2.05) is 6.07 Å². The topological polar surface area (TPSA) is 44.0 Å². The van der Waals surface area contributed by atoms with Gasteiger partial charge in [-0.1, -0.05) is 23.2 Å². The molecule has 0 heterocycles. The molecule has 0 aliphatic rings. The average Bonchev–Trinajstić information content (AvgIpc) is 2.08. The normalized spacial score (nSPS) is 9.50. The lowest BCUT2D eigenvalue weighted by atomic mass is 10.1. The lowest BCUT2D eigenvalue weighted by Gasteiger charge is -2.03.